The van der Waals surface area contributed by atoms with E-state index in [-0.39, 0.29) is 10.6 Å². The lowest BCUT2D eigenvalue weighted by molar-refractivity contribution is 0.626. The minimum atomic E-state index is -0.596. The lowest BCUT2D eigenvalue weighted by atomic mass is 10.2. The summed E-state index contributed by atoms with van der Waals surface area (Å²) in [6.07, 6.45) is 0. The van der Waals surface area contributed by atoms with Gasteiger partial charge in [0.05, 0.1) is 10.6 Å². The third-order valence-corrected chi connectivity index (χ3v) is 1.82. The molecule has 0 saturated heterocycles. The highest BCUT2D eigenvalue weighted by atomic mass is 35.5. The first-order chi connectivity index (χ1) is 5.15. The highest BCUT2D eigenvalue weighted by Crippen LogP contribution is 2.21. The molecule has 0 spiro atoms. The van der Waals surface area contributed by atoms with Crippen LogP contribution in [0.25, 0.3) is 0 Å². The van der Waals surface area contributed by atoms with E-state index in [0.29, 0.717) is 4.90 Å². The molecule has 0 saturated carbocycles. The summed E-state index contributed by atoms with van der Waals surface area (Å²) in [4.78, 5) is 0.388. The average molecular weight is 188 g/mol. The maximum Gasteiger partial charge on any atom is 0.143 e. The standard InChI is InChI=1S/C7H3ClFNS/c8-5-2-7(11)4(3-10)1-6(5)9/h1-2,11H. The van der Waals surface area contributed by atoms with Crippen LogP contribution in [0.3, 0.4) is 0 Å². The molecule has 1 nitrogen and oxygen atoms in total. The van der Waals surface area contributed by atoms with Crippen LogP contribution in [0.15, 0.2) is 17.0 Å². The van der Waals surface area contributed by atoms with E-state index >= 15 is 0 Å². The van der Waals surface area contributed by atoms with E-state index in [1.54, 1.807) is 6.07 Å². The van der Waals surface area contributed by atoms with Crippen LogP contribution in [0.5, 0.6) is 0 Å². The summed E-state index contributed by atoms with van der Waals surface area (Å²) in [5.41, 5.74) is 0.190. The van der Waals surface area contributed by atoms with Gasteiger partial charge >= 0.3 is 0 Å². The average Bonchev–Trinajstić information content (AvgIpc) is 1.97. The number of rotatable bonds is 0. The molecule has 0 N–H and O–H groups in total. The molecule has 4 heteroatoms. The number of nitrogens with zero attached hydrogens (tertiary/aromatic N) is 1. The van der Waals surface area contributed by atoms with Crippen molar-refractivity contribution in [2.75, 3.05) is 0 Å². The summed E-state index contributed by atoms with van der Waals surface area (Å²) < 4.78 is 12.6. The summed E-state index contributed by atoms with van der Waals surface area (Å²) in [6, 6.07) is 4.15. The summed E-state index contributed by atoms with van der Waals surface area (Å²) in [5.74, 6) is -0.596. The van der Waals surface area contributed by atoms with Crippen LogP contribution in [0.1, 0.15) is 5.56 Å². The van der Waals surface area contributed by atoms with Crippen LogP contribution >= 0.6 is 24.2 Å². The highest BCUT2D eigenvalue weighted by molar-refractivity contribution is 7.80. The van der Waals surface area contributed by atoms with Gasteiger partial charge in [-0.05, 0) is 12.1 Å². The summed E-state index contributed by atoms with van der Waals surface area (Å²) in [5, 5.41) is 8.41. The molecule has 0 aliphatic carbocycles. The molecule has 0 aliphatic heterocycles. The lowest BCUT2D eigenvalue weighted by Crippen LogP contribution is -1.82. The summed E-state index contributed by atoms with van der Waals surface area (Å²) in [7, 11) is 0. The van der Waals surface area contributed by atoms with Crippen LogP contribution in [0, 0.1) is 17.1 Å². The van der Waals surface area contributed by atoms with E-state index in [1.807, 2.05) is 0 Å². The van der Waals surface area contributed by atoms with Gasteiger partial charge in [0, 0.05) is 4.90 Å². The van der Waals surface area contributed by atoms with Crippen LogP contribution < -0.4 is 0 Å². The van der Waals surface area contributed by atoms with Gasteiger partial charge in [0.25, 0.3) is 0 Å². The smallest absolute Gasteiger partial charge is 0.143 e. The molecule has 11 heavy (non-hydrogen) atoms. The summed E-state index contributed by atoms with van der Waals surface area (Å²) >= 11 is 9.33. The van der Waals surface area contributed by atoms with Gasteiger partial charge in [-0.15, -0.1) is 12.6 Å². The van der Waals surface area contributed by atoms with Gasteiger partial charge in [0.2, 0.25) is 0 Å². The Morgan fingerprint density at radius 3 is 2.73 bits per heavy atom. The van der Waals surface area contributed by atoms with Crippen molar-refractivity contribution in [3.05, 3.63) is 28.5 Å². The Morgan fingerprint density at radius 2 is 2.18 bits per heavy atom. The molecule has 0 bridgehead atoms. The Hall–Kier alpha value is -0.720. The monoisotopic (exact) mass is 187 g/mol. The first kappa shape index (κ1) is 8.38. The van der Waals surface area contributed by atoms with Crippen LogP contribution in [-0.2, 0) is 0 Å². The fraction of sp³-hybridized carbons (Fsp3) is 0. The predicted octanol–water partition coefficient (Wildman–Crippen LogP) is 2.64. The van der Waals surface area contributed by atoms with E-state index in [0.717, 1.165) is 6.07 Å². The third kappa shape index (κ3) is 1.65. The topological polar surface area (TPSA) is 23.8 Å². The maximum absolute atomic E-state index is 12.6. The zero-order chi connectivity index (χ0) is 8.43. The highest BCUT2D eigenvalue weighted by Gasteiger charge is 2.04. The number of benzene rings is 1. The normalized spacial score (nSPS) is 9.27. The minimum absolute atomic E-state index is 0.0194. The Labute approximate surface area is 73.8 Å². The van der Waals surface area contributed by atoms with E-state index in [2.05, 4.69) is 12.6 Å². The van der Waals surface area contributed by atoms with Crippen LogP contribution in [0.4, 0.5) is 4.39 Å². The molecule has 1 rings (SSSR count). The van der Waals surface area contributed by atoms with Crippen molar-refractivity contribution in [3.8, 4) is 6.07 Å². The first-order valence-corrected chi connectivity index (χ1v) is 3.56. The van der Waals surface area contributed by atoms with Gasteiger partial charge in [0.1, 0.15) is 11.9 Å². The molecule has 0 fully saturated rings. The maximum atomic E-state index is 12.6. The molecule has 0 amide bonds. The number of hydrogen-bond acceptors (Lipinski definition) is 2. The second-order valence-electron chi connectivity index (χ2n) is 1.90. The van der Waals surface area contributed by atoms with E-state index in [9.17, 15) is 4.39 Å². The van der Waals surface area contributed by atoms with E-state index in [4.69, 9.17) is 16.9 Å². The van der Waals surface area contributed by atoms with Gasteiger partial charge in [-0.2, -0.15) is 5.26 Å². The molecule has 0 atom stereocenters. The van der Waals surface area contributed by atoms with Crippen molar-refractivity contribution in [1.29, 1.82) is 5.26 Å². The molecule has 1 aromatic rings. The predicted molar refractivity (Wildman–Crippen MR) is 43.4 cm³/mol. The quantitative estimate of drug-likeness (QED) is 0.621. The zero-order valence-electron chi connectivity index (χ0n) is 5.31. The lowest BCUT2D eigenvalue weighted by Gasteiger charge is -1.97. The fourth-order valence-corrected chi connectivity index (χ4v) is 1.11. The van der Waals surface area contributed by atoms with Crippen LogP contribution in [0.2, 0.25) is 5.02 Å². The third-order valence-electron chi connectivity index (χ3n) is 1.16. The van der Waals surface area contributed by atoms with Gasteiger partial charge in [-0.3, -0.25) is 0 Å². The minimum Gasteiger partial charge on any atom is -0.205 e. The second-order valence-corrected chi connectivity index (χ2v) is 2.78. The summed E-state index contributed by atoms with van der Waals surface area (Å²) in [6.45, 7) is 0. The molecule has 0 unspecified atom stereocenters. The number of halogens is 2. The van der Waals surface area contributed by atoms with Gasteiger partial charge < -0.3 is 0 Å². The van der Waals surface area contributed by atoms with E-state index in [1.165, 1.54) is 6.07 Å². The zero-order valence-corrected chi connectivity index (χ0v) is 6.96. The number of hydrogen-bond donors (Lipinski definition) is 1. The molecule has 0 aliphatic rings. The fourth-order valence-electron chi connectivity index (χ4n) is 0.626. The van der Waals surface area contributed by atoms with Crippen molar-refractivity contribution >= 4 is 24.2 Å². The first-order valence-electron chi connectivity index (χ1n) is 2.73. The number of nitriles is 1. The molecule has 56 valence electrons. The Kier molecular flexibility index (Phi) is 2.38. The van der Waals surface area contributed by atoms with Gasteiger partial charge in [-0.25, -0.2) is 4.39 Å². The Balaban J connectivity index is 3.35. The second kappa shape index (κ2) is 3.12. The van der Waals surface area contributed by atoms with Crippen molar-refractivity contribution in [2.45, 2.75) is 4.90 Å². The van der Waals surface area contributed by atoms with Gasteiger partial charge in [-0.1, -0.05) is 11.6 Å². The molecular formula is C7H3ClFNS. The Morgan fingerprint density at radius 1 is 1.55 bits per heavy atom. The van der Waals surface area contributed by atoms with E-state index < -0.39 is 5.82 Å². The van der Waals surface area contributed by atoms with Crippen molar-refractivity contribution in [1.82, 2.24) is 0 Å². The van der Waals surface area contributed by atoms with Crippen molar-refractivity contribution in [3.63, 3.8) is 0 Å². The largest absolute Gasteiger partial charge is 0.205 e. The molecule has 0 radical (unpaired) electrons. The molecular weight excluding hydrogens is 185 g/mol. The SMILES string of the molecule is N#Cc1cc(F)c(Cl)cc1S. The van der Waals surface area contributed by atoms with Crippen molar-refractivity contribution in [2.24, 2.45) is 0 Å². The van der Waals surface area contributed by atoms with Gasteiger partial charge in [0.15, 0.2) is 0 Å². The molecule has 0 aromatic heterocycles. The molecule has 1 aromatic carbocycles. The van der Waals surface area contributed by atoms with Crippen molar-refractivity contribution < 1.29 is 4.39 Å². The number of thiol groups is 1. The van der Waals surface area contributed by atoms with Crippen LogP contribution in [-0.4, -0.2) is 0 Å². The Bertz CT molecular complexity index is 332. The molecule has 0 heterocycles.